The predicted molar refractivity (Wildman–Crippen MR) is 91.5 cm³/mol. The van der Waals surface area contributed by atoms with Crippen molar-refractivity contribution in [1.29, 1.82) is 0 Å². The molecule has 2 heterocycles. The van der Waals surface area contributed by atoms with Gasteiger partial charge >= 0.3 is 0 Å². The van der Waals surface area contributed by atoms with Gasteiger partial charge in [0.2, 0.25) is 5.91 Å². The van der Waals surface area contributed by atoms with Crippen molar-refractivity contribution in [2.24, 2.45) is 5.73 Å². The van der Waals surface area contributed by atoms with Crippen LogP contribution in [0.1, 0.15) is 30.3 Å². The summed E-state index contributed by atoms with van der Waals surface area (Å²) >= 11 is 0. The third-order valence-corrected chi connectivity index (χ3v) is 4.47. The van der Waals surface area contributed by atoms with Gasteiger partial charge in [0.1, 0.15) is 0 Å². The number of H-pyrrole nitrogens is 1. The molecule has 3 N–H and O–H groups in total. The summed E-state index contributed by atoms with van der Waals surface area (Å²) < 4.78 is 0. The Kier molecular flexibility index (Phi) is 4.80. The highest BCUT2D eigenvalue weighted by Gasteiger charge is 2.28. The molecule has 7 heteroatoms. The third kappa shape index (κ3) is 3.12. The van der Waals surface area contributed by atoms with Crippen LogP contribution in [0, 0.1) is 0 Å². The van der Waals surface area contributed by atoms with Crippen LogP contribution in [0.25, 0.3) is 10.9 Å². The molecule has 24 heavy (non-hydrogen) atoms. The van der Waals surface area contributed by atoms with Crippen LogP contribution >= 0.6 is 0 Å². The van der Waals surface area contributed by atoms with E-state index in [4.69, 9.17) is 5.73 Å². The van der Waals surface area contributed by atoms with Gasteiger partial charge in [-0.1, -0.05) is 31.5 Å². The molecule has 0 spiro atoms. The van der Waals surface area contributed by atoms with Crippen molar-refractivity contribution in [1.82, 2.24) is 20.0 Å². The smallest absolute Gasteiger partial charge is 0.275 e. The van der Waals surface area contributed by atoms with Crippen LogP contribution in [-0.4, -0.2) is 64.0 Å². The number of nitrogens with two attached hydrogens (primary N) is 1. The molecule has 1 atom stereocenters. The molecule has 1 aromatic heterocycles. The van der Waals surface area contributed by atoms with Crippen molar-refractivity contribution < 1.29 is 9.59 Å². The van der Waals surface area contributed by atoms with Crippen molar-refractivity contribution in [2.45, 2.75) is 25.8 Å². The first-order chi connectivity index (χ1) is 11.6. The monoisotopic (exact) mass is 329 g/mol. The van der Waals surface area contributed by atoms with Gasteiger partial charge in [0.25, 0.3) is 5.91 Å². The normalized spacial score (nSPS) is 16.4. The Hall–Kier alpha value is -2.41. The van der Waals surface area contributed by atoms with E-state index in [-0.39, 0.29) is 11.8 Å². The van der Waals surface area contributed by atoms with Gasteiger partial charge in [0.15, 0.2) is 5.69 Å². The van der Waals surface area contributed by atoms with E-state index in [2.05, 4.69) is 10.2 Å². The summed E-state index contributed by atoms with van der Waals surface area (Å²) in [7, 11) is 0. The highest BCUT2D eigenvalue weighted by molar-refractivity contribution is 6.04. The number of hydrogen-bond acceptors (Lipinski definition) is 4. The number of rotatable bonds is 4. The first-order valence-electron chi connectivity index (χ1n) is 8.38. The first kappa shape index (κ1) is 16.4. The minimum Gasteiger partial charge on any atom is -0.338 e. The van der Waals surface area contributed by atoms with Gasteiger partial charge in [-0.3, -0.25) is 14.7 Å². The summed E-state index contributed by atoms with van der Waals surface area (Å²) in [6, 6.07) is 7.13. The zero-order valence-electron chi connectivity index (χ0n) is 13.9. The summed E-state index contributed by atoms with van der Waals surface area (Å²) in [5.41, 5.74) is 7.19. The molecule has 0 aliphatic carbocycles. The first-order valence-corrected chi connectivity index (χ1v) is 8.38. The maximum Gasteiger partial charge on any atom is 0.275 e. The van der Waals surface area contributed by atoms with Crippen molar-refractivity contribution in [3.63, 3.8) is 0 Å². The highest BCUT2D eigenvalue weighted by Crippen LogP contribution is 2.18. The van der Waals surface area contributed by atoms with Crippen LogP contribution in [-0.2, 0) is 4.79 Å². The summed E-state index contributed by atoms with van der Waals surface area (Å²) in [5, 5.41) is 7.87. The molecule has 128 valence electrons. The van der Waals surface area contributed by atoms with Crippen LogP contribution in [0.4, 0.5) is 0 Å². The Morgan fingerprint density at radius 1 is 1.21 bits per heavy atom. The van der Waals surface area contributed by atoms with Crippen LogP contribution in [0.3, 0.4) is 0 Å². The molecule has 1 aliphatic heterocycles. The van der Waals surface area contributed by atoms with Crippen LogP contribution in [0.15, 0.2) is 24.3 Å². The van der Waals surface area contributed by atoms with E-state index < -0.39 is 6.04 Å². The maximum atomic E-state index is 12.7. The number of para-hydroxylation sites is 1. The number of hydrogen-bond donors (Lipinski definition) is 2. The summed E-state index contributed by atoms with van der Waals surface area (Å²) in [5.74, 6) is -0.119. The van der Waals surface area contributed by atoms with Gasteiger partial charge in [-0.2, -0.15) is 5.10 Å². The zero-order chi connectivity index (χ0) is 17.1. The molecular formula is C17H23N5O2. The molecule has 1 unspecified atom stereocenters. The molecule has 2 amide bonds. The highest BCUT2D eigenvalue weighted by atomic mass is 16.2. The van der Waals surface area contributed by atoms with E-state index in [1.165, 1.54) is 0 Å². The maximum absolute atomic E-state index is 12.7. The van der Waals surface area contributed by atoms with E-state index in [0.29, 0.717) is 38.3 Å². The van der Waals surface area contributed by atoms with Crippen molar-refractivity contribution >= 4 is 22.7 Å². The van der Waals surface area contributed by atoms with Gasteiger partial charge in [0.05, 0.1) is 11.6 Å². The predicted octanol–water partition coefficient (Wildman–Crippen LogP) is 0.975. The van der Waals surface area contributed by atoms with E-state index in [1.807, 2.05) is 31.2 Å². The fourth-order valence-corrected chi connectivity index (χ4v) is 3.08. The number of aromatic amines is 1. The number of fused-ring (bicyclic) bond motifs is 1. The Balaban J connectivity index is 1.64. The van der Waals surface area contributed by atoms with Crippen LogP contribution < -0.4 is 5.73 Å². The number of carbonyl (C=O) groups is 2. The van der Waals surface area contributed by atoms with Crippen molar-refractivity contribution in [2.75, 3.05) is 26.2 Å². The quantitative estimate of drug-likeness (QED) is 0.874. The lowest BCUT2D eigenvalue weighted by Crippen LogP contribution is -2.54. The topological polar surface area (TPSA) is 95.3 Å². The summed E-state index contributed by atoms with van der Waals surface area (Å²) in [6.45, 7) is 4.06. The van der Waals surface area contributed by atoms with E-state index in [9.17, 15) is 9.59 Å². The molecule has 1 fully saturated rings. The lowest BCUT2D eigenvalue weighted by Gasteiger charge is -2.35. The fourth-order valence-electron chi connectivity index (χ4n) is 3.08. The molecular weight excluding hydrogens is 306 g/mol. The standard InChI is InChI=1S/C17H23N5O2/c1-2-5-13(18)16(23)21-8-10-22(11-9-21)17(24)15-12-6-3-4-7-14(12)19-20-15/h3-4,6-7,13H,2,5,8-11,18H2,1H3,(H,19,20). The van der Waals surface area contributed by atoms with Gasteiger partial charge in [-0.05, 0) is 12.5 Å². The molecule has 1 aromatic carbocycles. The molecule has 0 saturated carbocycles. The number of nitrogens with one attached hydrogen (secondary N) is 1. The zero-order valence-corrected chi connectivity index (χ0v) is 13.9. The van der Waals surface area contributed by atoms with Gasteiger partial charge < -0.3 is 15.5 Å². The lowest BCUT2D eigenvalue weighted by molar-refractivity contribution is -0.134. The van der Waals surface area contributed by atoms with E-state index in [1.54, 1.807) is 9.80 Å². The van der Waals surface area contributed by atoms with E-state index in [0.717, 1.165) is 17.3 Å². The molecule has 3 rings (SSSR count). The second-order valence-corrected chi connectivity index (χ2v) is 6.13. The van der Waals surface area contributed by atoms with E-state index >= 15 is 0 Å². The number of nitrogens with zero attached hydrogens (tertiary/aromatic N) is 3. The Bertz CT molecular complexity index is 733. The second-order valence-electron chi connectivity index (χ2n) is 6.13. The molecule has 2 aromatic rings. The Morgan fingerprint density at radius 3 is 2.58 bits per heavy atom. The SMILES string of the molecule is CCCC(N)C(=O)N1CCN(C(=O)c2n[nH]c3ccccc23)CC1. The average molecular weight is 329 g/mol. The number of aromatic nitrogens is 2. The second kappa shape index (κ2) is 7.00. The van der Waals surface area contributed by atoms with Crippen molar-refractivity contribution in [3.8, 4) is 0 Å². The third-order valence-electron chi connectivity index (χ3n) is 4.47. The molecule has 1 saturated heterocycles. The number of carbonyl (C=O) groups excluding carboxylic acids is 2. The lowest BCUT2D eigenvalue weighted by atomic mass is 10.1. The van der Waals surface area contributed by atoms with Crippen LogP contribution in [0.2, 0.25) is 0 Å². The van der Waals surface area contributed by atoms with Crippen molar-refractivity contribution in [3.05, 3.63) is 30.0 Å². The Labute approximate surface area is 140 Å². The molecule has 0 radical (unpaired) electrons. The average Bonchev–Trinajstić information content (AvgIpc) is 3.05. The van der Waals surface area contributed by atoms with Gasteiger partial charge in [-0.25, -0.2) is 0 Å². The summed E-state index contributed by atoms with van der Waals surface area (Å²) in [4.78, 5) is 28.5. The number of benzene rings is 1. The molecule has 1 aliphatic rings. The Morgan fingerprint density at radius 2 is 1.88 bits per heavy atom. The number of piperazine rings is 1. The summed E-state index contributed by atoms with van der Waals surface area (Å²) in [6.07, 6.45) is 1.58. The minimum atomic E-state index is -0.437. The largest absolute Gasteiger partial charge is 0.338 e. The minimum absolute atomic E-state index is 0.0193. The van der Waals surface area contributed by atoms with Crippen LogP contribution in [0.5, 0.6) is 0 Å². The number of amides is 2. The van der Waals surface area contributed by atoms with Gasteiger partial charge in [-0.15, -0.1) is 0 Å². The fraction of sp³-hybridized carbons (Fsp3) is 0.471. The van der Waals surface area contributed by atoms with Gasteiger partial charge in [0, 0.05) is 31.6 Å². The molecule has 0 bridgehead atoms. The molecule has 7 nitrogen and oxygen atoms in total.